The third kappa shape index (κ3) is 3.91. The summed E-state index contributed by atoms with van der Waals surface area (Å²) in [4.78, 5) is 24.1. The number of hydrogen-bond donors (Lipinski definition) is 0. The highest BCUT2D eigenvalue weighted by atomic mass is 16.5. The monoisotopic (exact) mass is 322 g/mol. The fourth-order valence-corrected chi connectivity index (χ4v) is 3.40. The number of fused-ring (bicyclic) bond motifs is 1. The average molecular weight is 322 g/mol. The summed E-state index contributed by atoms with van der Waals surface area (Å²) in [7, 11) is 1.44. The van der Waals surface area contributed by atoms with E-state index in [1.54, 1.807) is 0 Å². The Labute approximate surface area is 142 Å². The normalized spacial score (nSPS) is 16.3. The lowest BCUT2D eigenvalue weighted by Crippen LogP contribution is -2.24. The number of methoxy groups -OCH3 is 1. The van der Waals surface area contributed by atoms with Crippen LogP contribution in [-0.2, 0) is 40.0 Å². The first-order chi connectivity index (χ1) is 11.7. The minimum atomic E-state index is -0.133. The van der Waals surface area contributed by atoms with Gasteiger partial charge in [0.2, 0.25) is 0 Å². The molecule has 3 nitrogen and oxygen atoms in total. The molecule has 0 spiro atoms. The molecular formula is C21H22O3. The lowest BCUT2D eigenvalue weighted by atomic mass is 9.83. The predicted octanol–water partition coefficient (Wildman–Crippen LogP) is 3.32. The first-order valence-corrected chi connectivity index (χ1v) is 8.40. The zero-order valence-electron chi connectivity index (χ0n) is 14.0. The van der Waals surface area contributed by atoms with Crippen molar-refractivity contribution in [2.45, 2.75) is 32.1 Å². The van der Waals surface area contributed by atoms with Crippen LogP contribution < -0.4 is 0 Å². The number of benzene rings is 2. The number of ketones is 1. The van der Waals surface area contributed by atoms with Gasteiger partial charge in [0.05, 0.1) is 13.0 Å². The van der Waals surface area contributed by atoms with Crippen LogP contribution in [0.25, 0.3) is 0 Å². The molecule has 1 unspecified atom stereocenters. The van der Waals surface area contributed by atoms with Crippen LogP contribution in [0.3, 0.4) is 0 Å². The molecule has 24 heavy (non-hydrogen) atoms. The molecular weight excluding hydrogens is 300 g/mol. The Morgan fingerprint density at radius 1 is 1.00 bits per heavy atom. The molecule has 0 saturated heterocycles. The number of aryl methyl sites for hydroxylation is 1. The third-order valence-corrected chi connectivity index (χ3v) is 4.68. The molecule has 1 atom stereocenters. The lowest BCUT2D eigenvalue weighted by Gasteiger charge is -2.23. The molecule has 3 heteroatoms. The van der Waals surface area contributed by atoms with Crippen LogP contribution in [0.15, 0.2) is 48.5 Å². The standard InChI is InChI=1S/C21H22O3/c1-24-21(23)18-10-9-17-8-7-16(11-19(17)14-18)13-20(22)12-15-5-3-2-4-6-15/h2-8,11,18H,9-10,12-14H2,1H3. The Morgan fingerprint density at radius 3 is 2.50 bits per heavy atom. The van der Waals surface area contributed by atoms with E-state index >= 15 is 0 Å². The minimum Gasteiger partial charge on any atom is -0.469 e. The molecule has 0 aromatic heterocycles. The molecule has 3 rings (SSSR count). The highest BCUT2D eigenvalue weighted by Gasteiger charge is 2.25. The van der Waals surface area contributed by atoms with Crippen molar-refractivity contribution in [3.63, 3.8) is 0 Å². The van der Waals surface area contributed by atoms with Gasteiger partial charge in [0.15, 0.2) is 0 Å². The van der Waals surface area contributed by atoms with E-state index in [1.165, 1.54) is 18.2 Å². The summed E-state index contributed by atoms with van der Waals surface area (Å²) in [6.07, 6.45) is 3.34. The van der Waals surface area contributed by atoms with E-state index in [9.17, 15) is 9.59 Å². The highest BCUT2D eigenvalue weighted by Crippen LogP contribution is 2.27. The van der Waals surface area contributed by atoms with E-state index in [1.807, 2.05) is 36.4 Å². The van der Waals surface area contributed by atoms with E-state index < -0.39 is 0 Å². The van der Waals surface area contributed by atoms with E-state index in [0.717, 1.165) is 24.0 Å². The second-order valence-corrected chi connectivity index (χ2v) is 6.44. The van der Waals surface area contributed by atoms with Gasteiger partial charge < -0.3 is 4.74 Å². The van der Waals surface area contributed by atoms with Gasteiger partial charge in [0, 0.05) is 12.8 Å². The molecule has 0 radical (unpaired) electrons. The fourth-order valence-electron chi connectivity index (χ4n) is 3.40. The summed E-state index contributed by atoms with van der Waals surface area (Å²) in [5.74, 6) is 0.0189. The van der Waals surface area contributed by atoms with Crippen LogP contribution in [0.4, 0.5) is 0 Å². The summed E-state index contributed by atoms with van der Waals surface area (Å²) in [6, 6.07) is 16.1. The van der Waals surface area contributed by atoms with Gasteiger partial charge >= 0.3 is 5.97 Å². The van der Waals surface area contributed by atoms with Crippen LogP contribution in [0.1, 0.15) is 28.7 Å². The van der Waals surface area contributed by atoms with Gasteiger partial charge in [-0.15, -0.1) is 0 Å². The van der Waals surface area contributed by atoms with Gasteiger partial charge in [0.25, 0.3) is 0 Å². The maximum absolute atomic E-state index is 12.3. The number of esters is 1. The first kappa shape index (κ1) is 16.4. The predicted molar refractivity (Wildman–Crippen MR) is 92.8 cm³/mol. The summed E-state index contributed by atoms with van der Waals surface area (Å²) in [5.41, 5.74) is 4.54. The Hall–Kier alpha value is -2.42. The maximum atomic E-state index is 12.3. The van der Waals surface area contributed by atoms with Gasteiger partial charge in [0.1, 0.15) is 5.78 Å². The zero-order valence-corrected chi connectivity index (χ0v) is 14.0. The van der Waals surface area contributed by atoms with Gasteiger partial charge in [-0.25, -0.2) is 0 Å². The molecule has 2 aromatic carbocycles. The van der Waals surface area contributed by atoms with Gasteiger partial charge in [-0.1, -0.05) is 48.5 Å². The Bertz CT molecular complexity index is 734. The smallest absolute Gasteiger partial charge is 0.309 e. The van der Waals surface area contributed by atoms with Crippen molar-refractivity contribution in [3.05, 3.63) is 70.8 Å². The molecule has 0 saturated carbocycles. The van der Waals surface area contributed by atoms with Crippen molar-refractivity contribution < 1.29 is 14.3 Å². The minimum absolute atomic E-state index is 0.0576. The molecule has 0 fully saturated rings. The summed E-state index contributed by atoms with van der Waals surface area (Å²) in [5, 5.41) is 0. The van der Waals surface area contributed by atoms with E-state index in [2.05, 4.69) is 12.1 Å². The van der Waals surface area contributed by atoms with Crippen molar-refractivity contribution in [1.29, 1.82) is 0 Å². The molecule has 1 aliphatic carbocycles. The topological polar surface area (TPSA) is 43.4 Å². The average Bonchev–Trinajstić information content (AvgIpc) is 2.61. The van der Waals surface area contributed by atoms with Crippen molar-refractivity contribution in [2.75, 3.05) is 7.11 Å². The summed E-state index contributed by atoms with van der Waals surface area (Å²) >= 11 is 0. The van der Waals surface area contributed by atoms with E-state index in [0.29, 0.717) is 19.3 Å². The van der Waals surface area contributed by atoms with Crippen LogP contribution >= 0.6 is 0 Å². The van der Waals surface area contributed by atoms with Crippen LogP contribution in [-0.4, -0.2) is 18.9 Å². The summed E-state index contributed by atoms with van der Waals surface area (Å²) < 4.78 is 4.87. The van der Waals surface area contributed by atoms with Gasteiger partial charge in [-0.2, -0.15) is 0 Å². The quantitative estimate of drug-likeness (QED) is 0.793. The van der Waals surface area contributed by atoms with Gasteiger partial charge in [-0.05, 0) is 41.5 Å². The van der Waals surface area contributed by atoms with Crippen LogP contribution in [0.2, 0.25) is 0 Å². The molecule has 2 aromatic rings. The Balaban J connectivity index is 1.67. The molecule has 0 amide bonds. The third-order valence-electron chi connectivity index (χ3n) is 4.68. The molecule has 124 valence electrons. The molecule has 1 aliphatic rings. The SMILES string of the molecule is COC(=O)C1CCc2ccc(CC(=O)Cc3ccccc3)cc2C1. The number of carbonyl (C=O) groups is 2. The lowest BCUT2D eigenvalue weighted by molar-refractivity contribution is -0.145. The molecule has 0 N–H and O–H groups in total. The molecule has 0 aliphatic heterocycles. The Morgan fingerprint density at radius 2 is 1.75 bits per heavy atom. The fraction of sp³-hybridized carbons (Fsp3) is 0.333. The number of hydrogen-bond acceptors (Lipinski definition) is 3. The Kier molecular flexibility index (Phi) is 5.09. The second-order valence-electron chi connectivity index (χ2n) is 6.44. The van der Waals surface area contributed by atoms with E-state index in [4.69, 9.17) is 4.74 Å². The van der Waals surface area contributed by atoms with Crippen molar-refractivity contribution in [1.82, 2.24) is 0 Å². The van der Waals surface area contributed by atoms with Crippen LogP contribution in [0.5, 0.6) is 0 Å². The van der Waals surface area contributed by atoms with E-state index in [-0.39, 0.29) is 17.7 Å². The maximum Gasteiger partial charge on any atom is 0.309 e. The van der Waals surface area contributed by atoms with Crippen molar-refractivity contribution in [2.24, 2.45) is 5.92 Å². The van der Waals surface area contributed by atoms with Gasteiger partial charge in [-0.3, -0.25) is 9.59 Å². The van der Waals surface area contributed by atoms with Crippen molar-refractivity contribution >= 4 is 11.8 Å². The second kappa shape index (κ2) is 7.43. The van der Waals surface area contributed by atoms with Crippen LogP contribution in [0, 0.1) is 5.92 Å². The largest absolute Gasteiger partial charge is 0.469 e. The molecule has 0 bridgehead atoms. The summed E-state index contributed by atoms with van der Waals surface area (Å²) in [6.45, 7) is 0. The number of rotatable bonds is 5. The molecule has 0 heterocycles. The number of ether oxygens (including phenoxy) is 1. The number of Topliss-reactive ketones (excluding diaryl/α,β-unsaturated/α-hetero) is 1. The first-order valence-electron chi connectivity index (χ1n) is 8.40. The highest BCUT2D eigenvalue weighted by molar-refractivity contribution is 5.83. The van der Waals surface area contributed by atoms with Crippen molar-refractivity contribution in [3.8, 4) is 0 Å². The zero-order chi connectivity index (χ0) is 16.9. The number of carbonyl (C=O) groups excluding carboxylic acids is 2.